The predicted octanol–water partition coefficient (Wildman–Crippen LogP) is 2.31. The van der Waals surface area contributed by atoms with Crippen LogP contribution in [0.3, 0.4) is 0 Å². The number of benzene rings is 1. The zero-order valence-electron chi connectivity index (χ0n) is 11.2. The number of nitrogens with zero attached hydrogens (tertiary/aromatic N) is 2. The van der Waals surface area contributed by atoms with Gasteiger partial charge in [0.1, 0.15) is 11.6 Å². The standard InChI is InChI=1S/C12H18F2N4S/c1-4-18(5-2)11-7-8(13)10(6-9(11)14)16-12(19)17(3)15/h6-7H,4-5,15H2,1-3H3,(H,16,19). The average Bonchev–Trinajstić information content (AvgIpc) is 2.36. The molecule has 0 aliphatic carbocycles. The van der Waals surface area contributed by atoms with Gasteiger partial charge >= 0.3 is 0 Å². The van der Waals surface area contributed by atoms with Gasteiger partial charge in [0.05, 0.1) is 11.4 Å². The summed E-state index contributed by atoms with van der Waals surface area (Å²) in [6, 6.07) is 2.24. The Hall–Kier alpha value is -1.47. The Morgan fingerprint density at radius 2 is 1.84 bits per heavy atom. The van der Waals surface area contributed by atoms with Crippen LogP contribution in [0.2, 0.25) is 0 Å². The van der Waals surface area contributed by atoms with Crippen molar-refractivity contribution in [2.24, 2.45) is 5.84 Å². The lowest BCUT2D eigenvalue weighted by molar-refractivity contribution is 0.546. The summed E-state index contributed by atoms with van der Waals surface area (Å²) in [5.74, 6) is 4.32. The summed E-state index contributed by atoms with van der Waals surface area (Å²) in [5.41, 5.74) is 0.204. The topological polar surface area (TPSA) is 44.5 Å². The van der Waals surface area contributed by atoms with Crippen LogP contribution in [0.4, 0.5) is 20.2 Å². The van der Waals surface area contributed by atoms with Crippen molar-refractivity contribution in [1.29, 1.82) is 0 Å². The minimum atomic E-state index is -0.576. The summed E-state index contributed by atoms with van der Waals surface area (Å²) in [5, 5.41) is 3.77. The van der Waals surface area contributed by atoms with Crippen molar-refractivity contribution in [1.82, 2.24) is 5.01 Å². The molecule has 0 amide bonds. The first-order valence-electron chi connectivity index (χ1n) is 5.94. The third-order valence-electron chi connectivity index (χ3n) is 2.70. The van der Waals surface area contributed by atoms with Gasteiger partial charge in [-0.3, -0.25) is 5.01 Å². The van der Waals surface area contributed by atoms with Gasteiger partial charge in [0.2, 0.25) is 0 Å². The van der Waals surface area contributed by atoms with E-state index in [9.17, 15) is 8.78 Å². The summed E-state index contributed by atoms with van der Waals surface area (Å²) in [4.78, 5) is 1.73. The number of thiocarbonyl (C=S) groups is 1. The Kier molecular flexibility index (Phi) is 5.44. The Bertz CT molecular complexity index is 461. The lowest BCUT2D eigenvalue weighted by atomic mass is 10.2. The fraction of sp³-hybridized carbons (Fsp3) is 0.417. The first-order chi connectivity index (χ1) is 8.90. The second kappa shape index (κ2) is 6.63. The Morgan fingerprint density at radius 1 is 1.26 bits per heavy atom. The summed E-state index contributed by atoms with van der Waals surface area (Å²) >= 11 is 4.88. The lowest BCUT2D eigenvalue weighted by Gasteiger charge is -2.23. The van der Waals surface area contributed by atoms with Gasteiger partial charge in [0.15, 0.2) is 5.11 Å². The van der Waals surface area contributed by atoms with E-state index in [1.54, 1.807) is 4.90 Å². The first-order valence-corrected chi connectivity index (χ1v) is 6.34. The highest BCUT2D eigenvalue weighted by Crippen LogP contribution is 2.26. The van der Waals surface area contributed by atoms with Crippen molar-refractivity contribution in [2.75, 3.05) is 30.4 Å². The molecule has 19 heavy (non-hydrogen) atoms. The van der Waals surface area contributed by atoms with Crippen LogP contribution < -0.4 is 16.1 Å². The maximum atomic E-state index is 14.0. The van der Waals surface area contributed by atoms with Gasteiger partial charge < -0.3 is 10.2 Å². The van der Waals surface area contributed by atoms with Gasteiger partial charge in [-0.05, 0) is 26.1 Å². The van der Waals surface area contributed by atoms with Crippen LogP contribution in [0.25, 0.3) is 0 Å². The van der Waals surface area contributed by atoms with Crippen molar-refractivity contribution >= 4 is 28.7 Å². The van der Waals surface area contributed by atoms with E-state index in [4.69, 9.17) is 18.1 Å². The molecule has 0 saturated heterocycles. The minimum absolute atomic E-state index is 0.0318. The fourth-order valence-corrected chi connectivity index (χ4v) is 1.75. The highest BCUT2D eigenvalue weighted by Gasteiger charge is 2.14. The molecule has 0 aromatic heterocycles. The number of hydrogen-bond acceptors (Lipinski definition) is 3. The molecule has 0 saturated carbocycles. The van der Waals surface area contributed by atoms with Gasteiger partial charge in [-0.25, -0.2) is 14.6 Å². The van der Waals surface area contributed by atoms with E-state index in [2.05, 4.69) is 5.32 Å². The number of halogens is 2. The van der Waals surface area contributed by atoms with Crippen molar-refractivity contribution in [3.8, 4) is 0 Å². The Morgan fingerprint density at radius 3 is 2.32 bits per heavy atom. The Balaban J connectivity index is 3.06. The molecule has 0 aliphatic heterocycles. The zero-order valence-corrected chi connectivity index (χ0v) is 12.0. The molecule has 0 fully saturated rings. The van der Waals surface area contributed by atoms with Crippen molar-refractivity contribution in [3.63, 3.8) is 0 Å². The van der Waals surface area contributed by atoms with Crippen LogP contribution >= 0.6 is 12.2 Å². The maximum absolute atomic E-state index is 14.0. The number of anilines is 2. The first kappa shape index (κ1) is 15.6. The average molecular weight is 288 g/mol. The molecule has 0 spiro atoms. The van der Waals surface area contributed by atoms with E-state index in [1.807, 2.05) is 13.8 Å². The molecule has 0 bridgehead atoms. The molecule has 0 aliphatic rings. The third-order valence-corrected chi connectivity index (χ3v) is 3.09. The van der Waals surface area contributed by atoms with E-state index in [-0.39, 0.29) is 16.5 Å². The van der Waals surface area contributed by atoms with E-state index < -0.39 is 11.6 Å². The smallest absolute Gasteiger partial charge is 0.187 e. The van der Waals surface area contributed by atoms with Gasteiger partial charge in [0.25, 0.3) is 0 Å². The molecule has 0 atom stereocenters. The van der Waals surface area contributed by atoms with E-state index in [0.717, 1.165) is 17.1 Å². The summed E-state index contributed by atoms with van der Waals surface area (Å²) in [6.45, 7) is 4.96. The minimum Gasteiger partial charge on any atom is -0.370 e. The summed E-state index contributed by atoms with van der Waals surface area (Å²) in [7, 11) is 1.51. The molecule has 0 radical (unpaired) electrons. The molecule has 0 heterocycles. The molecule has 3 N–H and O–H groups in total. The van der Waals surface area contributed by atoms with E-state index >= 15 is 0 Å². The highest BCUT2D eigenvalue weighted by molar-refractivity contribution is 7.80. The fourth-order valence-electron chi connectivity index (χ4n) is 1.64. The van der Waals surface area contributed by atoms with Crippen LogP contribution in [-0.2, 0) is 0 Å². The molecule has 4 nitrogen and oxygen atoms in total. The molecule has 1 rings (SSSR count). The predicted molar refractivity (Wildman–Crippen MR) is 78.1 cm³/mol. The van der Waals surface area contributed by atoms with E-state index in [1.165, 1.54) is 7.05 Å². The molecular formula is C12H18F2N4S. The Labute approximate surface area is 117 Å². The van der Waals surface area contributed by atoms with Crippen molar-refractivity contribution < 1.29 is 8.78 Å². The quantitative estimate of drug-likeness (QED) is 0.506. The zero-order chi connectivity index (χ0) is 14.6. The monoisotopic (exact) mass is 288 g/mol. The molecule has 1 aromatic rings. The van der Waals surface area contributed by atoms with Crippen LogP contribution in [-0.4, -0.2) is 30.3 Å². The second-order valence-electron chi connectivity index (χ2n) is 4.00. The normalized spacial score (nSPS) is 10.2. The van der Waals surface area contributed by atoms with Crippen molar-refractivity contribution in [2.45, 2.75) is 13.8 Å². The van der Waals surface area contributed by atoms with Crippen molar-refractivity contribution in [3.05, 3.63) is 23.8 Å². The van der Waals surface area contributed by atoms with Crippen LogP contribution in [0.15, 0.2) is 12.1 Å². The highest BCUT2D eigenvalue weighted by atomic mass is 32.1. The maximum Gasteiger partial charge on any atom is 0.187 e. The molecule has 0 unspecified atom stereocenters. The van der Waals surface area contributed by atoms with Crippen LogP contribution in [0, 0.1) is 11.6 Å². The van der Waals surface area contributed by atoms with Gasteiger partial charge in [-0.2, -0.15) is 0 Å². The van der Waals surface area contributed by atoms with Crippen LogP contribution in [0.1, 0.15) is 13.8 Å². The molecule has 106 valence electrons. The molecular weight excluding hydrogens is 270 g/mol. The number of nitrogens with two attached hydrogens (primary N) is 1. The number of hydrogen-bond donors (Lipinski definition) is 2. The third kappa shape index (κ3) is 3.74. The summed E-state index contributed by atoms with van der Waals surface area (Å²) < 4.78 is 27.9. The van der Waals surface area contributed by atoms with Gasteiger partial charge in [0, 0.05) is 32.3 Å². The second-order valence-corrected chi connectivity index (χ2v) is 4.38. The lowest BCUT2D eigenvalue weighted by Crippen LogP contribution is -2.36. The molecule has 1 aromatic carbocycles. The number of nitrogens with one attached hydrogen (secondary N) is 1. The van der Waals surface area contributed by atoms with Gasteiger partial charge in [-0.1, -0.05) is 0 Å². The number of hydrazine groups is 1. The van der Waals surface area contributed by atoms with Crippen LogP contribution in [0.5, 0.6) is 0 Å². The number of rotatable bonds is 4. The molecule has 7 heteroatoms. The van der Waals surface area contributed by atoms with Gasteiger partial charge in [-0.15, -0.1) is 0 Å². The summed E-state index contributed by atoms with van der Waals surface area (Å²) in [6.07, 6.45) is 0. The SMILES string of the molecule is CCN(CC)c1cc(F)c(NC(=S)N(C)N)cc1F. The largest absolute Gasteiger partial charge is 0.370 e. The van der Waals surface area contributed by atoms with E-state index in [0.29, 0.717) is 13.1 Å².